The van der Waals surface area contributed by atoms with Crippen LogP contribution in [0.4, 0.5) is 0 Å². The van der Waals surface area contributed by atoms with Crippen LogP contribution in [0.3, 0.4) is 0 Å². The number of para-hydroxylation sites is 2. The fourth-order valence-corrected chi connectivity index (χ4v) is 3.80. The first-order valence-corrected chi connectivity index (χ1v) is 10.4. The molecule has 1 aromatic heterocycles. The number of hydrogen-bond acceptors (Lipinski definition) is 5. The molecular weight excluding hydrogens is 386 g/mol. The van der Waals surface area contributed by atoms with Crippen molar-refractivity contribution in [3.05, 3.63) is 34.7 Å². The predicted molar refractivity (Wildman–Crippen MR) is 112 cm³/mol. The Labute approximate surface area is 175 Å². The van der Waals surface area contributed by atoms with Crippen LogP contribution in [0.5, 0.6) is 0 Å². The molecule has 1 fully saturated rings. The molecule has 1 saturated heterocycles. The zero-order valence-electron chi connectivity index (χ0n) is 17.8. The second-order valence-electron chi connectivity index (χ2n) is 8.66. The topological polar surface area (TPSA) is 99.4 Å². The number of carbonyl (C=O) groups is 3. The molecule has 2 amide bonds. The third-order valence-electron chi connectivity index (χ3n) is 5.06. The monoisotopic (exact) mass is 415 g/mol. The zero-order chi connectivity index (χ0) is 21.9. The van der Waals surface area contributed by atoms with Crippen molar-refractivity contribution in [1.82, 2.24) is 14.5 Å². The third kappa shape index (κ3) is 4.98. The van der Waals surface area contributed by atoms with Crippen LogP contribution in [0.1, 0.15) is 65.3 Å². The molecule has 162 valence electrons. The van der Waals surface area contributed by atoms with Crippen molar-refractivity contribution >= 4 is 28.8 Å². The minimum atomic E-state index is -0.711. The second kappa shape index (κ2) is 8.85. The number of fused-ring (bicyclic) bond motifs is 1. The Hall–Kier alpha value is -2.90. The number of carbonyl (C=O) groups excluding carboxylic acids is 3. The van der Waals surface area contributed by atoms with E-state index in [-0.39, 0.29) is 30.4 Å². The second-order valence-corrected chi connectivity index (χ2v) is 8.66. The van der Waals surface area contributed by atoms with E-state index < -0.39 is 17.6 Å². The van der Waals surface area contributed by atoms with E-state index in [0.29, 0.717) is 37.7 Å². The van der Waals surface area contributed by atoms with Crippen molar-refractivity contribution in [2.45, 2.75) is 77.5 Å². The summed E-state index contributed by atoms with van der Waals surface area (Å²) in [6.45, 7) is 5.92. The molecule has 1 aliphatic rings. The Balaban J connectivity index is 1.79. The molecule has 0 saturated carbocycles. The zero-order valence-corrected chi connectivity index (χ0v) is 17.8. The highest BCUT2D eigenvalue weighted by atomic mass is 16.6. The highest BCUT2D eigenvalue weighted by Crippen LogP contribution is 2.23. The van der Waals surface area contributed by atoms with Gasteiger partial charge in [-0.15, -0.1) is 0 Å². The molecule has 1 aromatic carbocycles. The van der Waals surface area contributed by atoms with Gasteiger partial charge in [-0.1, -0.05) is 12.1 Å². The maximum absolute atomic E-state index is 13.2. The molecular formula is C22H29N3O5. The van der Waals surface area contributed by atoms with Gasteiger partial charge in [0.15, 0.2) is 0 Å². The lowest BCUT2D eigenvalue weighted by Crippen LogP contribution is -2.38. The number of rotatable bonds is 6. The lowest BCUT2D eigenvalue weighted by Gasteiger charge is -2.19. The summed E-state index contributed by atoms with van der Waals surface area (Å²) in [5.74, 6) is -0.995. The van der Waals surface area contributed by atoms with Crippen LogP contribution in [0.15, 0.2) is 29.1 Å². The molecule has 1 atom stereocenters. The minimum Gasteiger partial charge on any atom is -0.460 e. The first kappa shape index (κ1) is 21.8. The maximum Gasteiger partial charge on any atom is 0.329 e. The van der Waals surface area contributed by atoms with Crippen LogP contribution >= 0.6 is 0 Å². The summed E-state index contributed by atoms with van der Waals surface area (Å²) in [7, 11) is 0. The van der Waals surface area contributed by atoms with Gasteiger partial charge in [0.05, 0.1) is 11.0 Å². The number of nitrogens with one attached hydrogen (secondary N) is 1. The summed E-state index contributed by atoms with van der Waals surface area (Å²) in [6, 6.07) is 6.62. The number of aryl methyl sites for hydroxylation is 1. The van der Waals surface area contributed by atoms with Crippen molar-refractivity contribution in [3.8, 4) is 0 Å². The van der Waals surface area contributed by atoms with E-state index in [0.717, 1.165) is 5.52 Å². The number of amides is 2. The van der Waals surface area contributed by atoms with E-state index in [1.54, 1.807) is 4.57 Å². The quantitative estimate of drug-likeness (QED) is 0.444. The molecule has 0 radical (unpaired) electrons. The van der Waals surface area contributed by atoms with Gasteiger partial charge in [-0.3, -0.25) is 28.8 Å². The minimum absolute atomic E-state index is 0.253. The standard InChI is InChI=1S/C22H29N3O5/c1-22(2,3)30-19(27)13-6-7-14-24-15-9-4-5-10-16(15)25(21(24)29)17-11-8-12-18(26)23-20(17)28/h4-5,9-10,17H,6-8,11-14H2,1-3H3,(H,23,26,28). The van der Waals surface area contributed by atoms with Crippen LogP contribution in [0, 0.1) is 0 Å². The summed E-state index contributed by atoms with van der Waals surface area (Å²) < 4.78 is 8.46. The molecule has 0 spiro atoms. The summed E-state index contributed by atoms with van der Waals surface area (Å²) in [5.41, 5.74) is 0.623. The van der Waals surface area contributed by atoms with Crippen LogP contribution in [0.25, 0.3) is 11.0 Å². The number of benzene rings is 1. The van der Waals surface area contributed by atoms with E-state index in [2.05, 4.69) is 5.32 Å². The Bertz CT molecular complexity index is 1010. The van der Waals surface area contributed by atoms with E-state index in [1.165, 1.54) is 4.57 Å². The SMILES string of the molecule is CC(C)(C)OC(=O)CCCCn1c(=O)n(C2CCCC(=O)NC2=O)c2ccccc21. The van der Waals surface area contributed by atoms with Crippen LogP contribution in [-0.4, -0.2) is 32.5 Å². The van der Waals surface area contributed by atoms with Gasteiger partial charge in [-0.2, -0.15) is 0 Å². The number of imidazole rings is 1. The number of ether oxygens (including phenoxy) is 1. The van der Waals surface area contributed by atoms with Crippen molar-refractivity contribution in [2.24, 2.45) is 0 Å². The highest BCUT2D eigenvalue weighted by molar-refractivity contribution is 5.98. The third-order valence-corrected chi connectivity index (χ3v) is 5.06. The van der Waals surface area contributed by atoms with E-state index in [1.807, 2.05) is 45.0 Å². The Kier molecular flexibility index (Phi) is 6.43. The average Bonchev–Trinajstić information content (AvgIpc) is 2.81. The van der Waals surface area contributed by atoms with Gasteiger partial charge in [0.1, 0.15) is 11.6 Å². The van der Waals surface area contributed by atoms with Gasteiger partial charge in [0.25, 0.3) is 0 Å². The first-order chi connectivity index (χ1) is 14.2. The van der Waals surface area contributed by atoms with Crippen LogP contribution in [0.2, 0.25) is 0 Å². The molecule has 3 rings (SSSR count). The lowest BCUT2D eigenvalue weighted by atomic mass is 10.1. The smallest absolute Gasteiger partial charge is 0.329 e. The molecule has 0 bridgehead atoms. The van der Waals surface area contributed by atoms with Crippen molar-refractivity contribution in [2.75, 3.05) is 0 Å². The molecule has 2 heterocycles. The number of imide groups is 1. The van der Waals surface area contributed by atoms with Gasteiger partial charge < -0.3 is 4.74 Å². The highest BCUT2D eigenvalue weighted by Gasteiger charge is 2.29. The summed E-state index contributed by atoms with van der Waals surface area (Å²) in [4.78, 5) is 49.3. The fourth-order valence-electron chi connectivity index (χ4n) is 3.80. The van der Waals surface area contributed by atoms with Gasteiger partial charge in [0, 0.05) is 19.4 Å². The summed E-state index contributed by atoms with van der Waals surface area (Å²) in [5, 5.41) is 2.38. The van der Waals surface area contributed by atoms with Gasteiger partial charge in [-0.25, -0.2) is 4.79 Å². The molecule has 30 heavy (non-hydrogen) atoms. The Morgan fingerprint density at radius 3 is 2.53 bits per heavy atom. The van der Waals surface area contributed by atoms with Gasteiger partial charge in [-0.05, 0) is 58.6 Å². The van der Waals surface area contributed by atoms with Crippen molar-refractivity contribution < 1.29 is 19.1 Å². The summed E-state index contributed by atoms with van der Waals surface area (Å²) in [6.07, 6.45) is 2.77. The number of hydrogen-bond donors (Lipinski definition) is 1. The predicted octanol–water partition coefficient (Wildman–Crippen LogP) is 2.68. The van der Waals surface area contributed by atoms with Crippen molar-refractivity contribution in [1.29, 1.82) is 0 Å². The van der Waals surface area contributed by atoms with Gasteiger partial charge in [0.2, 0.25) is 11.8 Å². The Morgan fingerprint density at radius 2 is 1.83 bits per heavy atom. The maximum atomic E-state index is 13.2. The van der Waals surface area contributed by atoms with E-state index in [9.17, 15) is 19.2 Å². The molecule has 1 N–H and O–H groups in total. The Morgan fingerprint density at radius 1 is 1.13 bits per heavy atom. The normalized spacial score (nSPS) is 17.6. The van der Waals surface area contributed by atoms with Crippen molar-refractivity contribution in [3.63, 3.8) is 0 Å². The average molecular weight is 415 g/mol. The molecule has 0 aliphatic carbocycles. The largest absolute Gasteiger partial charge is 0.460 e. The fraction of sp³-hybridized carbons (Fsp3) is 0.545. The molecule has 8 heteroatoms. The molecule has 1 aliphatic heterocycles. The lowest BCUT2D eigenvalue weighted by molar-refractivity contribution is -0.155. The first-order valence-electron chi connectivity index (χ1n) is 10.4. The number of unbranched alkanes of at least 4 members (excludes halogenated alkanes) is 1. The molecule has 1 unspecified atom stereocenters. The molecule has 2 aromatic rings. The van der Waals surface area contributed by atoms with Gasteiger partial charge >= 0.3 is 11.7 Å². The van der Waals surface area contributed by atoms with E-state index in [4.69, 9.17) is 4.74 Å². The van der Waals surface area contributed by atoms with E-state index >= 15 is 0 Å². The number of nitrogens with zero attached hydrogens (tertiary/aromatic N) is 2. The number of aromatic nitrogens is 2. The van der Waals surface area contributed by atoms with Crippen LogP contribution < -0.4 is 11.0 Å². The van der Waals surface area contributed by atoms with Crippen LogP contribution in [-0.2, 0) is 25.7 Å². The number of esters is 1. The summed E-state index contributed by atoms with van der Waals surface area (Å²) >= 11 is 0. The molecule has 8 nitrogen and oxygen atoms in total.